The minimum atomic E-state index is -0.728. The van der Waals surface area contributed by atoms with Crippen LogP contribution in [0, 0.1) is 41.2 Å². The normalized spacial score (nSPS) is 34.8. The van der Waals surface area contributed by atoms with Crippen LogP contribution in [0.1, 0.15) is 108 Å². The molecule has 1 aromatic carbocycles. The summed E-state index contributed by atoms with van der Waals surface area (Å²) in [7, 11) is 0. The Kier molecular flexibility index (Phi) is 8.24. The third kappa shape index (κ3) is 6.20. The van der Waals surface area contributed by atoms with Gasteiger partial charge >= 0.3 is 0 Å². The fourth-order valence-electron chi connectivity index (χ4n) is 7.05. The van der Waals surface area contributed by atoms with Crippen molar-refractivity contribution in [2.75, 3.05) is 0 Å². The smallest absolute Gasteiger partial charge is 0.159 e. The summed E-state index contributed by atoms with van der Waals surface area (Å²) in [4.78, 5) is 0. The van der Waals surface area contributed by atoms with Crippen molar-refractivity contribution in [2.24, 2.45) is 29.6 Å². The van der Waals surface area contributed by atoms with Crippen LogP contribution in [0.3, 0.4) is 0 Å². The Morgan fingerprint density at radius 3 is 1.81 bits per heavy atom. The first-order valence-corrected chi connectivity index (χ1v) is 13.2. The molecular formula is C29H42F2. The van der Waals surface area contributed by atoms with Gasteiger partial charge in [0.25, 0.3) is 0 Å². The van der Waals surface area contributed by atoms with Crippen LogP contribution in [0.15, 0.2) is 30.4 Å². The van der Waals surface area contributed by atoms with Crippen molar-refractivity contribution in [1.29, 1.82) is 0 Å². The Morgan fingerprint density at radius 2 is 1.26 bits per heavy atom. The molecule has 4 rings (SSSR count). The monoisotopic (exact) mass is 428 g/mol. The van der Waals surface area contributed by atoms with Crippen LogP contribution in [0.25, 0.3) is 0 Å². The maximum absolute atomic E-state index is 13.6. The topological polar surface area (TPSA) is 0 Å². The van der Waals surface area contributed by atoms with Crippen LogP contribution in [0.5, 0.6) is 0 Å². The molecule has 0 saturated heterocycles. The SMILES string of the molecule is C/C=C/[C@H]1CC[C@H]([C@H]2CC[C@H](CC[C@H]3CC[C@H](c4ccc(F)c(F)c4)CC3)CC2)CC1. The summed E-state index contributed by atoms with van der Waals surface area (Å²) in [5.74, 6) is 3.68. The van der Waals surface area contributed by atoms with Gasteiger partial charge in [-0.3, -0.25) is 0 Å². The van der Waals surface area contributed by atoms with Gasteiger partial charge < -0.3 is 0 Å². The van der Waals surface area contributed by atoms with Crippen molar-refractivity contribution in [1.82, 2.24) is 0 Å². The molecule has 0 unspecified atom stereocenters. The standard InChI is InChI=1S/C29H42F2/c1-2-3-21-6-12-24(13-7-21)25-14-8-22(9-15-25)4-5-23-10-16-26(17-11-23)27-18-19-28(30)29(31)20-27/h2-3,18-26H,4-17H2,1H3/b3-2+/t21-,22-,23-,24-,25-,26-. The lowest BCUT2D eigenvalue weighted by atomic mass is 9.68. The third-order valence-electron chi connectivity index (χ3n) is 9.08. The molecule has 3 aliphatic rings. The molecule has 31 heavy (non-hydrogen) atoms. The minimum absolute atomic E-state index is 0.421. The number of halogens is 2. The maximum atomic E-state index is 13.6. The summed E-state index contributed by atoms with van der Waals surface area (Å²) >= 11 is 0. The number of hydrogen-bond acceptors (Lipinski definition) is 0. The third-order valence-corrected chi connectivity index (χ3v) is 9.08. The van der Waals surface area contributed by atoms with E-state index in [1.165, 1.54) is 89.2 Å². The van der Waals surface area contributed by atoms with E-state index in [9.17, 15) is 8.78 Å². The Balaban J connectivity index is 1.13. The summed E-state index contributed by atoms with van der Waals surface area (Å²) in [5, 5.41) is 0. The summed E-state index contributed by atoms with van der Waals surface area (Å²) in [6.45, 7) is 2.16. The summed E-state index contributed by atoms with van der Waals surface area (Å²) in [6.07, 6.45) is 23.9. The van der Waals surface area contributed by atoms with Crippen LogP contribution in [0.4, 0.5) is 8.78 Å². The Hall–Kier alpha value is -1.18. The lowest BCUT2D eigenvalue weighted by molar-refractivity contribution is 0.147. The first kappa shape index (κ1) is 23.0. The highest BCUT2D eigenvalue weighted by molar-refractivity contribution is 5.22. The van der Waals surface area contributed by atoms with Gasteiger partial charge in [-0.25, -0.2) is 8.78 Å². The molecule has 0 bridgehead atoms. The highest BCUT2D eigenvalue weighted by Crippen LogP contribution is 2.44. The quantitative estimate of drug-likeness (QED) is 0.396. The van der Waals surface area contributed by atoms with Crippen molar-refractivity contribution in [3.05, 3.63) is 47.5 Å². The summed E-state index contributed by atoms with van der Waals surface area (Å²) in [6, 6.07) is 4.50. The summed E-state index contributed by atoms with van der Waals surface area (Å²) < 4.78 is 26.8. The van der Waals surface area contributed by atoms with Crippen LogP contribution >= 0.6 is 0 Å². The number of rotatable bonds is 6. The van der Waals surface area contributed by atoms with E-state index in [0.29, 0.717) is 5.92 Å². The first-order chi connectivity index (χ1) is 15.1. The second kappa shape index (κ2) is 11.1. The van der Waals surface area contributed by atoms with Crippen LogP contribution in [0.2, 0.25) is 0 Å². The first-order valence-electron chi connectivity index (χ1n) is 13.2. The predicted octanol–water partition coefficient (Wildman–Crippen LogP) is 9.21. The Bertz CT molecular complexity index is 699. The molecule has 3 fully saturated rings. The van der Waals surface area contributed by atoms with Gasteiger partial charge in [-0.1, -0.05) is 43.9 Å². The lowest BCUT2D eigenvalue weighted by Gasteiger charge is -2.38. The highest BCUT2D eigenvalue weighted by Gasteiger charge is 2.31. The average Bonchev–Trinajstić information content (AvgIpc) is 2.81. The highest BCUT2D eigenvalue weighted by atomic mass is 19.2. The van der Waals surface area contributed by atoms with Crippen molar-refractivity contribution < 1.29 is 8.78 Å². The van der Waals surface area contributed by atoms with Gasteiger partial charge in [0, 0.05) is 0 Å². The second-order valence-corrected chi connectivity index (χ2v) is 10.9. The molecule has 0 aliphatic heterocycles. The van der Waals surface area contributed by atoms with Gasteiger partial charge in [0.1, 0.15) is 0 Å². The van der Waals surface area contributed by atoms with E-state index in [2.05, 4.69) is 19.1 Å². The van der Waals surface area contributed by atoms with Crippen LogP contribution < -0.4 is 0 Å². The number of allylic oxidation sites excluding steroid dienone is 2. The van der Waals surface area contributed by atoms with Crippen molar-refractivity contribution in [3.63, 3.8) is 0 Å². The van der Waals surface area contributed by atoms with Gasteiger partial charge in [0.2, 0.25) is 0 Å². The molecule has 0 heterocycles. The van der Waals surface area contributed by atoms with E-state index < -0.39 is 11.6 Å². The molecule has 0 nitrogen and oxygen atoms in total. The zero-order chi connectivity index (χ0) is 21.6. The number of hydrogen-bond donors (Lipinski definition) is 0. The molecule has 3 aliphatic carbocycles. The molecule has 0 atom stereocenters. The Labute approximate surface area is 188 Å². The molecule has 3 saturated carbocycles. The van der Waals surface area contributed by atoms with Crippen molar-refractivity contribution >= 4 is 0 Å². The van der Waals surface area contributed by atoms with E-state index in [4.69, 9.17) is 0 Å². The van der Waals surface area contributed by atoms with E-state index in [1.54, 1.807) is 6.07 Å². The van der Waals surface area contributed by atoms with Gasteiger partial charge in [0.15, 0.2) is 11.6 Å². The average molecular weight is 429 g/mol. The molecule has 0 spiro atoms. The fourth-order valence-corrected chi connectivity index (χ4v) is 7.05. The second-order valence-electron chi connectivity index (χ2n) is 10.9. The fraction of sp³-hybridized carbons (Fsp3) is 0.724. The van der Waals surface area contributed by atoms with Crippen LogP contribution in [-0.2, 0) is 0 Å². The predicted molar refractivity (Wildman–Crippen MR) is 126 cm³/mol. The zero-order valence-corrected chi connectivity index (χ0v) is 19.5. The summed E-state index contributed by atoms with van der Waals surface area (Å²) in [5.41, 5.74) is 0.996. The molecular weight excluding hydrogens is 386 g/mol. The molecule has 0 aromatic heterocycles. The molecule has 0 amide bonds. The van der Waals surface area contributed by atoms with Gasteiger partial charge in [-0.05, 0) is 124 Å². The lowest BCUT2D eigenvalue weighted by Crippen LogP contribution is -2.25. The van der Waals surface area contributed by atoms with Crippen molar-refractivity contribution in [2.45, 2.75) is 103 Å². The molecule has 1 aromatic rings. The molecule has 0 N–H and O–H groups in total. The van der Waals surface area contributed by atoms with Crippen LogP contribution in [-0.4, -0.2) is 0 Å². The van der Waals surface area contributed by atoms with E-state index >= 15 is 0 Å². The zero-order valence-electron chi connectivity index (χ0n) is 19.5. The molecule has 0 radical (unpaired) electrons. The largest absolute Gasteiger partial charge is 0.204 e. The van der Waals surface area contributed by atoms with E-state index in [0.717, 1.165) is 48.0 Å². The van der Waals surface area contributed by atoms with E-state index in [1.807, 2.05) is 0 Å². The minimum Gasteiger partial charge on any atom is -0.204 e. The molecule has 172 valence electrons. The van der Waals surface area contributed by atoms with Gasteiger partial charge in [0.05, 0.1) is 0 Å². The van der Waals surface area contributed by atoms with Crippen molar-refractivity contribution in [3.8, 4) is 0 Å². The van der Waals surface area contributed by atoms with Gasteiger partial charge in [-0.15, -0.1) is 0 Å². The van der Waals surface area contributed by atoms with E-state index in [-0.39, 0.29) is 0 Å². The maximum Gasteiger partial charge on any atom is 0.159 e. The number of benzene rings is 1. The Morgan fingerprint density at radius 1 is 0.710 bits per heavy atom. The van der Waals surface area contributed by atoms with Gasteiger partial charge in [-0.2, -0.15) is 0 Å². The molecule has 2 heteroatoms.